The van der Waals surface area contributed by atoms with Crippen LogP contribution in [-0.4, -0.2) is 16.7 Å². The number of rotatable bonds is 3. The predicted octanol–water partition coefficient (Wildman–Crippen LogP) is 2.83. The van der Waals surface area contributed by atoms with Gasteiger partial charge < -0.3 is 10.5 Å². The second kappa shape index (κ2) is 5.87. The average Bonchev–Trinajstić information content (AvgIpc) is 2.27. The minimum absolute atomic E-state index is 0.186. The first-order valence-electron chi connectivity index (χ1n) is 5.52. The Bertz CT molecular complexity index is 500. The minimum Gasteiger partial charge on any atom is -0.456 e. The van der Waals surface area contributed by atoms with Gasteiger partial charge in [0.2, 0.25) is 0 Å². The molecule has 0 spiro atoms. The highest BCUT2D eigenvalue weighted by Gasteiger charge is 2.21. The van der Waals surface area contributed by atoms with Crippen molar-refractivity contribution >= 4 is 29.0 Å². The van der Waals surface area contributed by atoms with Gasteiger partial charge in [0.15, 0.2) is 0 Å². The van der Waals surface area contributed by atoms with Gasteiger partial charge in [-0.3, -0.25) is 0 Å². The molecule has 1 aromatic rings. The number of hydrogen-bond acceptors (Lipinski definition) is 5. The summed E-state index contributed by atoms with van der Waals surface area (Å²) in [7, 11) is 0. The van der Waals surface area contributed by atoms with Crippen molar-refractivity contribution in [1.29, 1.82) is 0 Å². The van der Waals surface area contributed by atoms with Gasteiger partial charge in [0.25, 0.3) is 0 Å². The number of ether oxygens (including phenoxy) is 1. The molecule has 5 heteroatoms. The van der Waals surface area contributed by atoms with Crippen molar-refractivity contribution in [2.75, 3.05) is 0 Å². The number of nitrogens with two attached hydrogens (primary N) is 1. The van der Waals surface area contributed by atoms with E-state index < -0.39 is 11.6 Å². The second-order valence-corrected chi connectivity index (χ2v) is 4.89. The SMILES string of the molecule is CC(C)(C)OC(=O)c1cccc(N=C=S)c1CN. The summed E-state index contributed by atoms with van der Waals surface area (Å²) in [6.45, 7) is 5.62. The van der Waals surface area contributed by atoms with Crippen molar-refractivity contribution in [2.24, 2.45) is 10.7 Å². The normalized spacial score (nSPS) is 10.7. The van der Waals surface area contributed by atoms with Gasteiger partial charge in [0.1, 0.15) is 5.60 Å². The number of esters is 1. The molecule has 1 aromatic carbocycles. The number of nitrogens with zero attached hydrogens (tertiary/aromatic N) is 1. The summed E-state index contributed by atoms with van der Waals surface area (Å²) in [5, 5.41) is 2.27. The third-order valence-corrected chi connectivity index (χ3v) is 2.23. The van der Waals surface area contributed by atoms with E-state index in [1.54, 1.807) is 18.2 Å². The van der Waals surface area contributed by atoms with Gasteiger partial charge in [-0.05, 0) is 45.1 Å². The first-order chi connectivity index (χ1) is 8.39. The number of aliphatic imine (C=N–C) groups is 1. The highest BCUT2D eigenvalue weighted by molar-refractivity contribution is 7.78. The summed E-state index contributed by atoms with van der Waals surface area (Å²) in [5.74, 6) is -0.413. The van der Waals surface area contributed by atoms with Crippen LogP contribution in [0.1, 0.15) is 36.7 Å². The number of isothiocyanates is 1. The quantitative estimate of drug-likeness (QED) is 0.518. The number of thiocarbonyl (C=S) groups is 1. The fourth-order valence-electron chi connectivity index (χ4n) is 1.47. The molecule has 0 unspecified atom stereocenters. The Hall–Kier alpha value is -1.55. The van der Waals surface area contributed by atoms with E-state index in [4.69, 9.17) is 10.5 Å². The van der Waals surface area contributed by atoms with Crippen LogP contribution in [0.5, 0.6) is 0 Å². The monoisotopic (exact) mass is 264 g/mol. The fraction of sp³-hybridized carbons (Fsp3) is 0.385. The lowest BCUT2D eigenvalue weighted by atomic mass is 10.1. The maximum absolute atomic E-state index is 12.0. The molecule has 0 aliphatic rings. The van der Waals surface area contributed by atoms with Gasteiger partial charge >= 0.3 is 5.97 Å². The van der Waals surface area contributed by atoms with Crippen LogP contribution in [0.2, 0.25) is 0 Å². The third-order valence-electron chi connectivity index (χ3n) is 2.14. The largest absolute Gasteiger partial charge is 0.456 e. The van der Waals surface area contributed by atoms with Crippen LogP contribution in [0.15, 0.2) is 23.2 Å². The van der Waals surface area contributed by atoms with E-state index in [2.05, 4.69) is 22.4 Å². The number of carbonyl (C=O) groups is 1. The Kier molecular flexibility index (Phi) is 4.73. The molecule has 0 atom stereocenters. The standard InChI is InChI=1S/C13H16N2O2S/c1-13(2,3)17-12(16)9-5-4-6-11(15-8-18)10(9)7-14/h4-6H,7,14H2,1-3H3. The highest BCUT2D eigenvalue weighted by Crippen LogP contribution is 2.24. The molecule has 0 saturated carbocycles. The van der Waals surface area contributed by atoms with Gasteiger partial charge in [-0.25, -0.2) is 4.79 Å². The van der Waals surface area contributed by atoms with E-state index >= 15 is 0 Å². The molecule has 18 heavy (non-hydrogen) atoms. The van der Waals surface area contributed by atoms with Crippen LogP contribution in [0.3, 0.4) is 0 Å². The molecule has 0 radical (unpaired) electrons. The molecule has 0 bridgehead atoms. The maximum atomic E-state index is 12.0. The van der Waals surface area contributed by atoms with Crippen LogP contribution in [0.25, 0.3) is 0 Å². The lowest BCUT2D eigenvalue weighted by molar-refractivity contribution is 0.00684. The number of carbonyl (C=O) groups excluding carboxylic acids is 1. The molecule has 1 rings (SSSR count). The number of hydrogen-bond donors (Lipinski definition) is 1. The summed E-state index contributed by atoms with van der Waals surface area (Å²) in [5.41, 5.74) is 6.69. The van der Waals surface area contributed by atoms with Gasteiger partial charge in [0.05, 0.1) is 16.4 Å². The summed E-state index contributed by atoms with van der Waals surface area (Å²) >= 11 is 4.56. The van der Waals surface area contributed by atoms with E-state index in [1.807, 2.05) is 20.8 Å². The summed E-state index contributed by atoms with van der Waals surface area (Å²) in [6.07, 6.45) is 0. The zero-order valence-corrected chi connectivity index (χ0v) is 11.5. The van der Waals surface area contributed by atoms with Crippen LogP contribution in [0.4, 0.5) is 5.69 Å². The Morgan fingerprint density at radius 3 is 2.67 bits per heavy atom. The van der Waals surface area contributed by atoms with E-state index in [1.165, 1.54) is 0 Å². The van der Waals surface area contributed by atoms with Gasteiger partial charge in [-0.1, -0.05) is 6.07 Å². The molecule has 96 valence electrons. The van der Waals surface area contributed by atoms with Crippen LogP contribution < -0.4 is 5.73 Å². The zero-order valence-electron chi connectivity index (χ0n) is 10.7. The van der Waals surface area contributed by atoms with E-state index in [9.17, 15) is 4.79 Å². The zero-order chi connectivity index (χ0) is 13.8. The van der Waals surface area contributed by atoms with Crippen molar-refractivity contribution in [2.45, 2.75) is 32.9 Å². The van der Waals surface area contributed by atoms with Crippen molar-refractivity contribution < 1.29 is 9.53 Å². The van der Waals surface area contributed by atoms with Gasteiger partial charge in [-0.2, -0.15) is 4.99 Å². The maximum Gasteiger partial charge on any atom is 0.339 e. The summed E-state index contributed by atoms with van der Waals surface area (Å²) in [6, 6.07) is 5.11. The predicted molar refractivity (Wildman–Crippen MR) is 74.2 cm³/mol. The van der Waals surface area contributed by atoms with E-state index in [0.29, 0.717) is 16.8 Å². The van der Waals surface area contributed by atoms with E-state index in [-0.39, 0.29) is 6.54 Å². The molecule has 0 amide bonds. The Morgan fingerprint density at radius 2 is 2.17 bits per heavy atom. The first-order valence-corrected chi connectivity index (χ1v) is 5.93. The molecule has 0 aliphatic carbocycles. The van der Waals surface area contributed by atoms with E-state index in [0.717, 1.165) is 0 Å². The van der Waals surface area contributed by atoms with Crippen LogP contribution in [0, 0.1) is 0 Å². The molecular weight excluding hydrogens is 248 g/mol. The van der Waals surface area contributed by atoms with Crippen LogP contribution in [-0.2, 0) is 11.3 Å². The summed E-state index contributed by atoms with van der Waals surface area (Å²) < 4.78 is 5.32. The first kappa shape index (κ1) is 14.5. The topological polar surface area (TPSA) is 64.7 Å². The molecule has 0 heterocycles. The molecule has 0 aliphatic heterocycles. The second-order valence-electron chi connectivity index (χ2n) is 4.71. The molecule has 0 fully saturated rings. The summed E-state index contributed by atoms with van der Waals surface area (Å²) in [4.78, 5) is 15.9. The van der Waals surface area contributed by atoms with Crippen molar-refractivity contribution in [3.63, 3.8) is 0 Å². The molecule has 4 nitrogen and oxygen atoms in total. The third kappa shape index (κ3) is 3.74. The Morgan fingerprint density at radius 1 is 1.50 bits per heavy atom. The number of benzene rings is 1. The molecule has 0 aromatic heterocycles. The average molecular weight is 264 g/mol. The van der Waals surface area contributed by atoms with Crippen LogP contribution >= 0.6 is 12.2 Å². The van der Waals surface area contributed by atoms with Gasteiger partial charge in [-0.15, -0.1) is 0 Å². The fourth-order valence-corrected chi connectivity index (χ4v) is 1.57. The Labute approximate surface area is 112 Å². The van der Waals surface area contributed by atoms with Crippen molar-refractivity contribution in [1.82, 2.24) is 0 Å². The Balaban J connectivity index is 3.20. The van der Waals surface area contributed by atoms with Crippen molar-refractivity contribution in [3.05, 3.63) is 29.3 Å². The lowest BCUT2D eigenvalue weighted by Gasteiger charge is -2.20. The molecule has 2 N–H and O–H groups in total. The minimum atomic E-state index is -0.549. The lowest BCUT2D eigenvalue weighted by Crippen LogP contribution is -2.25. The smallest absolute Gasteiger partial charge is 0.339 e. The molecule has 0 saturated heterocycles. The van der Waals surface area contributed by atoms with Crippen molar-refractivity contribution in [3.8, 4) is 0 Å². The molecular formula is C13H16N2O2S. The highest BCUT2D eigenvalue weighted by atomic mass is 32.1. The van der Waals surface area contributed by atoms with Gasteiger partial charge in [0, 0.05) is 12.1 Å².